The molecule has 1 aliphatic rings. The Morgan fingerprint density at radius 2 is 0.762 bits per heavy atom. The fourth-order valence-electron chi connectivity index (χ4n) is 11.5. The molecule has 1 saturated heterocycles. The Labute approximate surface area is 517 Å². The van der Waals surface area contributed by atoms with E-state index in [-0.39, 0.29) is 18.5 Å². The predicted octanol–water partition coefficient (Wildman–Crippen LogP) is 18.6. The number of aliphatic hydroxyl groups excluding tert-OH is 5. The fourth-order valence-corrected chi connectivity index (χ4v) is 11.5. The van der Waals surface area contributed by atoms with E-state index in [4.69, 9.17) is 14.2 Å². The second-order valence-corrected chi connectivity index (χ2v) is 25.3. The smallest absolute Gasteiger partial charge is 0.305 e. The van der Waals surface area contributed by atoms with Crippen molar-refractivity contribution in [2.24, 2.45) is 0 Å². The van der Waals surface area contributed by atoms with Gasteiger partial charge in [-0.2, -0.15) is 0 Å². The summed E-state index contributed by atoms with van der Waals surface area (Å²) in [7, 11) is 0. The molecule has 1 heterocycles. The van der Waals surface area contributed by atoms with E-state index in [1.165, 1.54) is 270 Å². The minimum absolute atomic E-state index is 0.00309. The van der Waals surface area contributed by atoms with Crippen LogP contribution in [0.5, 0.6) is 0 Å². The van der Waals surface area contributed by atoms with Gasteiger partial charge in [0.15, 0.2) is 6.29 Å². The summed E-state index contributed by atoms with van der Waals surface area (Å²) in [6.45, 7) is 4.34. The Balaban J connectivity index is 1.89. The van der Waals surface area contributed by atoms with E-state index in [0.717, 1.165) is 57.8 Å². The maximum absolute atomic E-state index is 13.0. The van der Waals surface area contributed by atoms with Gasteiger partial charge < -0.3 is 45.1 Å². The molecular weight excluding hydrogens is 1050 g/mol. The lowest BCUT2D eigenvalue weighted by atomic mass is 9.99. The quantitative estimate of drug-likeness (QED) is 0.0195. The van der Waals surface area contributed by atoms with Crippen LogP contribution in [0.1, 0.15) is 354 Å². The average Bonchev–Trinajstić information content (AvgIpc) is 3.70. The maximum Gasteiger partial charge on any atom is 0.305 e. The topological polar surface area (TPSA) is 175 Å². The van der Waals surface area contributed by atoms with E-state index in [9.17, 15) is 35.1 Å². The van der Waals surface area contributed by atoms with Crippen molar-refractivity contribution in [2.45, 2.75) is 397 Å². The summed E-state index contributed by atoms with van der Waals surface area (Å²) in [4.78, 5) is 25.1. The number of aliphatic hydroxyl groups is 5. The third-order valence-electron chi connectivity index (χ3n) is 17.2. The van der Waals surface area contributed by atoms with Gasteiger partial charge in [0.1, 0.15) is 24.4 Å². The molecule has 0 saturated carbocycles. The minimum Gasteiger partial charge on any atom is -0.466 e. The van der Waals surface area contributed by atoms with Crippen LogP contribution in [0.3, 0.4) is 0 Å². The lowest BCUT2D eigenvalue weighted by Crippen LogP contribution is -2.60. The van der Waals surface area contributed by atoms with Gasteiger partial charge in [0.25, 0.3) is 0 Å². The number of amides is 1. The summed E-state index contributed by atoms with van der Waals surface area (Å²) < 4.78 is 16.7. The molecule has 0 aromatic heterocycles. The molecule has 0 spiro atoms. The SMILES string of the molecule is CCCCCCC/C=C\CCCCCCCC(=O)OCCCCCCCCCCCCCC/C=C\CCCCCCCCCCCCCCCCCCCC(=O)NC(COC1OC(CO)C(O)C(O)C1O)C(O)/C=C/CCCCCCCCC. The molecule has 1 amide bonds. The van der Waals surface area contributed by atoms with Gasteiger partial charge in [0.2, 0.25) is 5.91 Å². The molecule has 0 aromatic rings. The molecule has 0 radical (unpaired) electrons. The first-order chi connectivity index (χ1) is 41.2. The van der Waals surface area contributed by atoms with E-state index in [1.807, 2.05) is 6.08 Å². The fraction of sp³-hybridized carbons (Fsp3) is 0.890. The van der Waals surface area contributed by atoms with Crippen molar-refractivity contribution in [1.82, 2.24) is 5.32 Å². The lowest BCUT2D eigenvalue weighted by Gasteiger charge is -2.40. The van der Waals surface area contributed by atoms with Crippen LogP contribution in [-0.2, 0) is 23.8 Å². The van der Waals surface area contributed by atoms with Crippen LogP contribution in [0.25, 0.3) is 0 Å². The Morgan fingerprint density at radius 3 is 1.14 bits per heavy atom. The van der Waals surface area contributed by atoms with Gasteiger partial charge in [0.05, 0.1) is 32.0 Å². The van der Waals surface area contributed by atoms with Crippen molar-refractivity contribution in [1.29, 1.82) is 0 Å². The van der Waals surface area contributed by atoms with E-state index in [0.29, 0.717) is 19.4 Å². The van der Waals surface area contributed by atoms with Crippen LogP contribution in [-0.4, -0.2) is 100 Å². The van der Waals surface area contributed by atoms with Crippen molar-refractivity contribution >= 4 is 11.9 Å². The minimum atomic E-state index is -1.57. The number of unbranched alkanes of at least 4 members (excludes halogenated alkanes) is 46. The molecule has 1 fully saturated rings. The lowest BCUT2D eigenvalue weighted by molar-refractivity contribution is -0.302. The Hall–Kier alpha value is -2.12. The molecule has 0 bridgehead atoms. The first kappa shape index (κ1) is 79.9. The van der Waals surface area contributed by atoms with Crippen molar-refractivity contribution in [3.05, 3.63) is 36.5 Å². The number of hydrogen-bond donors (Lipinski definition) is 6. The van der Waals surface area contributed by atoms with Crippen molar-refractivity contribution < 1.29 is 49.3 Å². The second kappa shape index (κ2) is 62.5. The first-order valence-corrected chi connectivity index (χ1v) is 36.3. The van der Waals surface area contributed by atoms with Crippen LogP contribution in [0.4, 0.5) is 0 Å². The highest BCUT2D eigenvalue weighted by atomic mass is 16.7. The van der Waals surface area contributed by atoms with Crippen molar-refractivity contribution in [2.75, 3.05) is 19.8 Å². The van der Waals surface area contributed by atoms with Gasteiger partial charge in [-0.15, -0.1) is 0 Å². The molecule has 84 heavy (non-hydrogen) atoms. The molecule has 7 unspecified atom stereocenters. The molecule has 1 rings (SSSR count). The normalized spacial score (nSPS) is 18.2. The highest BCUT2D eigenvalue weighted by molar-refractivity contribution is 5.76. The molecule has 494 valence electrons. The van der Waals surface area contributed by atoms with Gasteiger partial charge in [-0.3, -0.25) is 9.59 Å². The number of esters is 1. The molecule has 11 heteroatoms. The number of allylic oxidation sites excluding steroid dienone is 5. The van der Waals surface area contributed by atoms with Gasteiger partial charge in [-0.1, -0.05) is 294 Å². The van der Waals surface area contributed by atoms with Crippen molar-refractivity contribution in [3.8, 4) is 0 Å². The third-order valence-corrected chi connectivity index (χ3v) is 17.2. The number of nitrogens with one attached hydrogen (secondary N) is 1. The Bertz CT molecular complexity index is 1490. The Morgan fingerprint density at radius 1 is 0.429 bits per heavy atom. The van der Waals surface area contributed by atoms with Gasteiger partial charge >= 0.3 is 5.97 Å². The predicted molar refractivity (Wildman–Crippen MR) is 352 cm³/mol. The molecule has 0 aromatic carbocycles. The van der Waals surface area contributed by atoms with E-state index < -0.39 is 49.5 Å². The van der Waals surface area contributed by atoms with Gasteiger partial charge in [-0.25, -0.2) is 0 Å². The largest absolute Gasteiger partial charge is 0.466 e. The van der Waals surface area contributed by atoms with Gasteiger partial charge in [0, 0.05) is 12.8 Å². The van der Waals surface area contributed by atoms with Crippen LogP contribution >= 0.6 is 0 Å². The molecular formula is C73H137NO10. The van der Waals surface area contributed by atoms with E-state index >= 15 is 0 Å². The summed E-state index contributed by atoms with van der Waals surface area (Å²) in [5.74, 6) is -0.176. The number of rotatable bonds is 64. The third kappa shape index (κ3) is 50.8. The zero-order chi connectivity index (χ0) is 60.9. The number of carbonyl (C=O) groups is 2. The van der Waals surface area contributed by atoms with E-state index in [1.54, 1.807) is 6.08 Å². The highest BCUT2D eigenvalue weighted by Crippen LogP contribution is 2.23. The van der Waals surface area contributed by atoms with Crippen LogP contribution < -0.4 is 5.32 Å². The summed E-state index contributed by atoms with van der Waals surface area (Å²) >= 11 is 0. The molecule has 11 nitrogen and oxygen atoms in total. The summed E-state index contributed by atoms with van der Waals surface area (Å²) in [5.41, 5.74) is 0. The molecule has 0 aliphatic carbocycles. The first-order valence-electron chi connectivity index (χ1n) is 36.3. The van der Waals surface area contributed by atoms with E-state index in [2.05, 4.69) is 43.5 Å². The monoisotopic (exact) mass is 1190 g/mol. The van der Waals surface area contributed by atoms with Crippen LogP contribution in [0.2, 0.25) is 0 Å². The molecule has 7 atom stereocenters. The number of ether oxygens (including phenoxy) is 3. The van der Waals surface area contributed by atoms with Crippen LogP contribution in [0.15, 0.2) is 36.5 Å². The summed E-state index contributed by atoms with van der Waals surface area (Å²) in [6, 6.07) is -0.806. The highest BCUT2D eigenvalue weighted by Gasteiger charge is 2.44. The van der Waals surface area contributed by atoms with Gasteiger partial charge in [-0.05, 0) is 83.5 Å². The zero-order valence-electron chi connectivity index (χ0n) is 54.9. The average molecular weight is 1190 g/mol. The van der Waals surface area contributed by atoms with Crippen LogP contribution in [0, 0.1) is 0 Å². The molecule has 1 aliphatic heterocycles. The van der Waals surface area contributed by atoms with Crippen molar-refractivity contribution in [3.63, 3.8) is 0 Å². The maximum atomic E-state index is 13.0. The number of carbonyl (C=O) groups excluding carboxylic acids is 2. The summed E-state index contributed by atoms with van der Waals surface area (Å²) in [5, 5.41) is 54.3. The Kier molecular flexibility index (Phi) is 59.4. The number of hydrogen-bond acceptors (Lipinski definition) is 10. The zero-order valence-corrected chi connectivity index (χ0v) is 54.9. The second-order valence-electron chi connectivity index (χ2n) is 25.3. The molecule has 6 N–H and O–H groups in total. The summed E-state index contributed by atoms with van der Waals surface area (Å²) in [6.07, 6.45) is 70.2. The standard InChI is InChI=1S/C73H137NO10/c1-3-5-7-9-11-13-14-15-38-41-45-49-53-57-61-69(78)82-62-58-54-50-46-42-39-36-34-32-30-28-26-24-22-20-18-16-17-19-21-23-25-27-29-31-33-35-37-40-44-48-52-56-60-68(77)74-65(66(76)59-55-51-47-43-12-10-8-6-4-2)64-83-73-72(81)71(80)70(79)67(63-75)84-73/h14-15,20,22,55,59,65-67,70-73,75-76,79-81H,3-13,16-19,21,23-54,56-58,60-64H2,1-2H3,(H,74,77)/b15-14-,22-20-,59-55+.